The molecule has 0 radical (unpaired) electrons. The van der Waals surface area contributed by atoms with Gasteiger partial charge in [0.2, 0.25) is 10.0 Å². The van der Waals surface area contributed by atoms with E-state index in [1.165, 1.54) is 31.3 Å². The van der Waals surface area contributed by atoms with Crippen LogP contribution in [0.4, 0.5) is 10.1 Å². The predicted octanol–water partition coefficient (Wildman–Crippen LogP) is 3.00. The SMILES string of the molecule is CNS(=O)(=O)c1ccc(NCc2ccc(F)cc2Cl)cc1. The summed E-state index contributed by atoms with van der Waals surface area (Å²) in [4.78, 5) is 0.190. The first-order valence-corrected chi connectivity index (χ1v) is 8.00. The summed E-state index contributed by atoms with van der Waals surface area (Å²) < 4.78 is 38.3. The van der Waals surface area contributed by atoms with E-state index in [1.807, 2.05) is 0 Å². The van der Waals surface area contributed by atoms with E-state index >= 15 is 0 Å². The summed E-state index contributed by atoms with van der Waals surface area (Å²) in [6.07, 6.45) is 0. The Hall–Kier alpha value is -1.63. The van der Waals surface area contributed by atoms with Gasteiger partial charge < -0.3 is 5.32 Å². The van der Waals surface area contributed by atoms with Crippen LogP contribution < -0.4 is 10.0 Å². The molecular formula is C14H14ClFN2O2S. The third kappa shape index (κ3) is 3.93. The van der Waals surface area contributed by atoms with Crippen LogP contribution in [0.15, 0.2) is 47.4 Å². The van der Waals surface area contributed by atoms with Crippen LogP contribution in [0.2, 0.25) is 5.02 Å². The zero-order chi connectivity index (χ0) is 15.5. The van der Waals surface area contributed by atoms with E-state index in [0.29, 0.717) is 11.6 Å². The van der Waals surface area contributed by atoms with E-state index in [2.05, 4.69) is 10.0 Å². The number of hydrogen-bond acceptors (Lipinski definition) is 3. The minimum Gasteiger partial charge on any atom is -0.381 e. The number of halogens is 2. The molecule has 0 aliphatic heterocycles. The second-order valence-corrected chi connectivity index (χ2v) is 6.61. The Bertz CT molecular complexity index is 733. The molecule has 2 aromatic rings. The molecule has 7 heteroatoms. The topological polar surface area (TPSA) is 58.2 Å². The van der Waals surface area contributed by atoms with Gasteiger partial charge in [-0.1, -0.05) is 17.7 Å². The standard InChI is InChI=1S/C14H14ClFN2O2S/c1-17-21(19,20)13-6-4-12(5-7-13)18-9-10-2-3-11(16)8-14(10)15/h2-8,17-18H,9H2,1H3. The fourth-order valence-electron chi connectivity index (χ4n) is 1.73. The van der Waals surface area contributed by atoms with Gasteiger partial charge in [-0.15, -0.1) is 0 Å². The maximum atomic E-state index is 12.9. The molecule has 0 bridgehead atoms. The van der Waals surface area contributed by atoms with Gasteiger partial charge in [0, 0.05) is 17.3 Å². The molecule has 0 atom stereocenters. The van der Waals surface area contributed by atoms with E-state index in [-0.39, 0.29) is 10.7 Å². The summed E-state index contributed by atoms with van der Waals surface area (Å²) >= 11 is 5.93. The Labute approximate surface area is 128 Å². The molecule has 2 rings (SSSR count). The number of anilines is 1. The van der Waals surface area contributed by atoms with E-state index in [4.69, 9.17) is 11.6 Å². The highest BCUT2D eigenvalue weighted by molar-refractivity contribution is 7.89. The molecule has 2 N–H and O–H groups in total. The van der Waals surface area contributed by atoms with E-state index in [0.717, 1.165) is 11.3 Å². The summed E-state index contributed by atoms with van der Waals surface area (Å²) in [6.45, 7) is 0.414. The number of benzene rings is 2. The van der Waals surface area contributed by atoms with Gasteiger partial charge in [0.1, 0.15) is 5.82 Å². The molecule has 0 fully saturated rings. The monoisotopic (exact) mass is 328 g/mol. The first-order chi connectivity index (χ1) is 9.92. The minimum atomic E-state index is -3.43. The third-order valence-corrected chi connectivity index (χ3v) is 4.71. The van der Waals surface area contributed by atoms with Crippen molar-refractivity contribution >= 4 is 27.3 Å². The molecule has 0 amide bonds. The third-order valence-electron chi connectivity index (χ3n) is 2.93. The zero-order valence-corrected chi connectivity index (χ0v) is 12.8. The van der Waals surface area contributed by atoms with Crippen LogP contribution in [0.3, 0.4) is 0 Å². The molecular weight excluding hydrogens is 315 g/mol. The normalized spacial score (nSPS) is 11.4. The molecule has 4 nitrogen and oxygen atoms in total. The quantitative estimate of drug-likeness (QED) is 0.887. The Morgan fingerprint density at radius 3 is 2.38 bits per heavy atom. The average Bonchev–Trinajstić information content (AvgIpc) is 2.47. The van der Waals surface area contributed by atoms with Crippen LogP contribution in [0.5, 0.6) is 0 Å². The lowest BCUT2D eigenvalue weighted by Gasteiger charge is -2.09. The van der Waals surface area contributed by atoms with Crippen LogP contribution in [0.25, 0.3) is 0 Å². The Morgan fingerprint density at radius 1 is 1.14 bits per heavy atom. The first-order valence-electron chi connectivity index (χ1n) is 6.14. The van der Waals surface area contributed by atoms with Gasteiger partial charge in [0.15, 0.2) is 0 Å². The Morgan fingerprint density at radius 2 is 1.81 bits per heavy atom. The molecule has 0 spiro atoms. The van der Waals surface area contributed by atoms with Crippen molar-refractivity contribution in [2.24, 2.45) is 0 Å². The van der Waals surface area contributed by atoms with Gasteiger partial charge in [-0.25, -0.2) is 17.5 Å². The average molecular weight is 329 g/mol. The number of hydrogen-bond donors (Lipinski definition) is 2. The molecule has 0 aliphatic rings. The summed E-state index contributed by atoms with van der Waals surface area (Å²) in [5.74, 6) is -0.384. The van der Waals surface area contributed by atoms with E-state index in [1.54, 1.807) is 18.2 Å². The Kier molecular flexibility index (Phi) is 4.82. The molecule has 0 heterocycles. The Balaban J connectivity index is 2.07. The molecule has 112 valence electrons. The summed E-state index contributed by atoms with van der Waals surface area (Å²) in [7, 11) is -2.07. The van der Waals surface area contributed by atoms with Crippen molar-refractivity contribution in [1.82, 2.24) is 4.72 Å². The van der Waals surface area contributed by atoms with Gasteiger partial charge >= 0.3 is 0 Å². The van der Waals surface area contributed by atoms with Crippen molar-refractivity contribution < 1.29 is 12.8 Å². The lowest BCUT2D eigenvalue weighted by atomic mass is 10.2. The maximum Gasteiger partial charge on any atom is 0.240 e. The van der Waals surface area contributed by atoms with Crippen molar-refractivity contribution in [3.05, 3.63) is 58.9 Å². The van der Waals surface area contributed by atoms with Crippen molar-refractivity contribution in [1.29, 1.82) is 0 Å². The predicted molar refractivity (Wildman–Crippen MR) is 81.4 cm³/mol. The van der Waals surface area contributed by atoms with E-state index < -0.39 is 10.0 Å². The van der Waals surface area contributed by atoms with Crippen LogP contribution in [0.1, 0.15) is 5.56 Å². The van der Waals surface area contributed by atoms with E-state index in [9.17, 15) is 12.8 Å². The largest absolute Gasteiger partial charge is 0.381 e. The minimum absolute atomic E-state index is 0.190. The summed E-state index contributed by atoms with van der Waals surface area (Å²) in [5.41, 5.74) is 1.50. The van der Waals surface area contributed by atoms with Crippen LogP contribution in [0, 0.1) is 5.82 Å². The van der Waals surface area contributed by atoms with Gasteiger partial charge in [0.25, 0.3) is 0 Å². The van der Waals surface area contributed by atoms with Crippen molar-refractivity contribution in [2.75, 3.05) is 12.4 Å². The van der Waals surface area contributed by atoms with Crippen molar-refractivity contribution in [3.8, 4) is 0 Å². The number of sulfonamides is 1. The summed E-state index contributed by atoms with van der Waals surface area (Å²) in [5, 5.41) is 3.44. The first kappa shape index (κ1) is 15.8. The van der Waals surface area contributed by atoms with Gasteiger partial charge in [-0.3, -0.25) is 0 Å². The lowest BCUT2D eigenvalue weighted by Crippen LogP contribution is -2.18. The molecule has 0 aromatic heterocycles. The fourth-order valence-corrected chi connectivity index (χ4v) is 2.70. The van der Waals surface area contributed by atoms with Crippen molar-refractivity contribution in [3.63, 3.8) is 0 Å². The molecule has 0 aliphatic carbocycles. The zero-order valence-electron chi connectivity index (χ0n) is 11.2. The summed E-state index contributed by atoms with van der Waals surface area (Å²) in [6, 6.07) is 10.5. The van der Waals surface area contributed by atoms with Gasteiger partial charge in [0.05, 0.1) is 4.90 Å². The molecule has 0 saturated carbocycles. The molecule has 0 saturated heterocycles. The van der Waals surface area contributed by atoms with Crippen LogP contribution in [-0.4, -0.2) is 15.5 Å². The molecule has 2 aromatic carbocycles. The van der Waals surface area contributed by atoms with Gasteiger partial charge in [-0.2, -0.15) is 0 Å². The smallest absolute Gasteiger partial charge is 0.240 e. The fraction of sp³-hybridized carbons (Fsp3) is 0.143. The number of nitrogens with one attached hydrogen (secondary N) is 2. The highest BCUT2D eigenvalue weighted by atomic mass is 35.5. The highest BCUT2D eigenvalue weighted by Gasteiger charge is 2.10. The van der Waals surface area contributed by atoms with Crippen LogP contribution >= 0.6 is 11.6 Å². The second kappa shape index (κ2) is 6.43. The number of rotatable bonds is 5. The maximum absolute atomic E-state index is 12.9. The molecule has 21 heavy (non-hydrogen) atoms. The van der Waals surface area contributed by atoms with Gasteiger partial charge in [-0.05, 0) is 49.0 Å². The molecule has 0 unspecified atom stereocenters. The lowest BCUT2D eigenvalue weighted by molar-refractivity contribution is 0.588. The highest BCUT2D eigenvalue weighted by Crippen LogP contribution is 2.19. The van der Waals surface area contributed by atoms with Crippen molar-refractivity contribution in [2.45, 2.75) is 11.4 Å². The second-order valence-electron chi connectivity index (χ2n) is 4.32. The van der Waals surface area contributed by atoms with Crippen LogP contribution in [-0.2, 0) is 16.6 Å².